The van der Waals surface area contributed by atoms with Crippen LogP contribution in [0.4, 0.5) is 17.6 Å². The molecule has 0 amide bonds. The molecule has 0 saturated carbocycles. The Labute approximate surface area is 98.6 Å². The van der Waals surface area contributed by atoms with Crippen molar-refractivity contribution in [2.45, 2.75) is 18.0 Å². The monoisotopic (exact) mass is 268 g/mol. The quantitative estimate of drug-likeness (QED) is 0.671. The Kier molecular flexibility index (Phi) is 4.03. The van der Waals surface area contributed by atoms with Gasteiger partial charge in [-0.2, -0.15) is 13.2 Å². The van der Waals surface area contributed by atoms with Crippen molar-refractivity contribution in [3.8, 4) is 0 Å². The van der Waals surface area contributed by atoms with Crippen LogP contribution in [0.3, 0.4) is 0 Å². The minimum absolute atomic E-state index is 0.211. The van der Waals surface area contributed by atoms with Gasteiger partial charge in [0, 0.05) is 0 Å². The van der Waals surface area contributed by atoms with E-state index in [-0.39, 0.29) is 5.75 Å². The molecule has 0 aliphatic carbocycles. The summed E-state index contributed by atoms with van der Waals surface area (Å²) in [6.07, 6.45) is -4.70. The van der Waals surface area contributed by atoms with Crippen LogP contribution in [0.2, 0.25) is 0 Å². The molecule has 0 aromatic heterocycles. The molecule has 0 heterocycles. The average Bonchev–Trinajstić information content (AvgIpc) is 2.18. The third kappa shape index (κ3) is 2.91. The fraction of sp³-hybridized carbons (Fsp3) is 0.300. The van der Waals surface area contributed by atoms with E-state index in [4.69, 9.17) is 5.11 Å². The summed E-state index contributed by atoms with van der Waals surface area (Å²) in [5.74, 6) is -2.71. The lowest BCUT2D eigenvalue weighted by atomic mass is 10.1. The molecule has 0 aliphatic rings. The highest BCUT2D eigenvalue weighted by molar-refractivity contribution is 7.99. The fourth-order valence-electron chi connectivity index (χ4n) is 1.23. The van der Waals surface area contributed by atoms with Crippen LogP contribution in [0.1, 0.15) is 22.8 Å². The van der Waals surface area contributed by atoms with Crippen molar-refractivity contribution in [3.63, 3.8) is 0 Å². The van der Waals surface area contributed by atoms with Crippen LogP contribution in [0.25, 0.3) is 0 Å². The molecule has 2 nitrogen and oxygen atoms in total. The first-order valence-electron chi connectivity index (χ1n) is 4.54. The van der Waals surface area contributed by atoms with Crippen molar-refractivity contribution in [1.82, 2.24) is 0 Å². The first-order chi connectivity index (χ1) is 7.79. The molecule has 0 saturated heterocycles. The molecule has 7 heteroatoms. The van der Waals surface area contributed by atoms with Gasteiger partial charge in [0.1, 0.15) is 0 Å². The molecule has 1 rings (SSSR count). The van der Waals surface area contributed by atoms with Gasteiger partial charge < -0.3 is 5.11 Å². The largest absolute Gasteiger partial charge is 0.478 e. The Hall–Kier alpha value is -1.24. The zero-order valence-corrected chi connectivity index (χ0v) is 9.45. The number of halogens is 4. The van der Waals surface area contributed by atoms with Gasteiger partial charge in [-0.1, -0.05) is 6.92 Å². The minimum atomic E-state index is -4.70. The summed E-state index contributed by atoms with van der Waals surface area (Å²) >= 11 is 0.629. The van der Waals surface area contributed by atoms with E-state index < -0.39 is 34.0 Å². The lowest BCUT2D eigenvalue weighted by Gasteiger charge is -2.13. The lowest BCUT2D eigenvalue weighted by Crippen LogP contribution is -2.11. The molecule has 17 heavy (non-hydrogen) atoms. The zero-order chi connectivity index (χ0) is 13.2. The molecule has 0 bridgehead atoms. The van der Waals surface area contributed by atoms with Crippen LogP contribution < -0.4 is 0 Å². The second kappa shape index (κ2) is 4.95. The van der Waals surface area contributed by atoms with E-state index in [9.17, 15) is 22.4 Å². The molecular formula is C10H8F4O2S. The lowest BCUT2D eigenvalue weighted by molar-refractivity contribution is -0.140. The van der Waals surface area contributed by atoms with Gasteiger partial charge in [-0.05, 0) is 17.9 Å². The molecule has 0 fully saturated rings. The Morgan fingerprint density at radius 2 is 2.00 bits per heavy atom. The number of carbonyl (C=O) groups is 1. The number of hydrogen-bond acceptors (Lipinski definition) is 2. The van der Waals surface area contributed by atoms with E-state index in [0.29, 0.717) is 23.9 Å². The van der Waals surface area contributed by atoms with Crippen molar-refractivity contribution in [1.29, 1.82) is 0 Å². The summed E-state index contributed by atoms with van der Waals surface area (Å²) in [6.45, 7) is 1.55. The maximum atomic E-state index is 13.6. The third-order valence-electron chi connectivity index (χ3n) is 1.92. The van der Waals surface area contributed by atoms with Crippen LogP contribution in [0.5, 0.6) is 0 Å². The Bertz CT molecular complexity index is 443. The summed E-state index contributed by atoms with van der Waals surface area (Å²) in [5.41, 5.74) is -1.90. The SMILES string of the molecule is CCSc1c(C(F)(F)F)ccc(C(=O)O)c1F. The predicted molar refractivity (Wildman–Crippen MR) is 54.8 cm³/mol. The van der Waals surface area contributed by atoms with Gasteiger partial charge in [0.2, 0.25) is 0 Å². The molecule has 0 atom stereocenters. The summed E-state index contributed by atoms with van der Waals surface area (Å²) < 4.78 is 51.3. The molecule has 1 aromatic rings. The number of benzene rings is 1. The number of rotatable bonds is 3. The second-order valence-corrected chi connectivity index (χ2v) is 4.31. The van der Waals surface area contributed by atoms with Gasteiger partial charge in [0.15, 0.2) is 5.82 Å². The summed E-state index contributed by atoms with van der Waals surface area (Å²) in [4.78, 5) is 9.94. The van der Waals surface area contributed by atoms with Crippen molar-refractivity contribution < 1.29 is 27.5 Å². The first-order valence-corrected chi connectivity index (χ1v) is 5.53. The molecule has 0 aliphatic heterocycles. The van der Waals surface area contributed by atoms with Crippen LogP contribution >= 0.6 is 11.8 Å². The van der Waals surface area contributed by atoms with Gasteiger partial charge in [-0.3, -0.25) is 0 Å². The second-order valence-electron chi connectivity index (χ2n) is 3.04. The molecule has 0 unspecified atom stereocenters. The van der Waals surface area contributed by atoms with Gasteiger partial charge in [-0.15, -0.1) is 11.8 Å². The van der Waals surface area contributed by atoms with Gasteiger partial charge >= 0.3 is 12.1 Å². The van der Waals surface area contributed by atoms with Crippen molar-refractivity contribution in [2.24, 2.45) is 0 Å². The molecule has 1 aromatic carbocycles. The summed E-state index contributed by atoms with van der Waals surface area (Å²) in [7, 11) is 0. The number of carboxylic acids is 1. The van der Waals surface area contributed by atoms with E-state index in [2.05, 4.69) is 0 Å². The molecule has 0 radical (unpaired) electrons. The third-order valence-corrected chi connectivity index (χ3v) is 2.90. The molecular weight excluding hydrogens is 260 g/mol. The van der Waals surface area contributed by atoms with Gasteiger partial charge in [-0.25, -0.2) is 9.18 Å². The van der Waals surface area contributed by atoms with E-state index in [1.54, 1.807) is 6.92 Å². The van der Waals surface area contributed by atoms with E-state index in [0.717, 1.165) is 0 Å². The summed E-state index contributed by atoms with van der Waals surface area (Å²) in [6, 6.07) is 1.21. The van der Waals surface area contributed by atoms with Crippen LogP contribution in [0, 0.1) is 5.82 Å². The maximum Gasteiger partial charge on any atom is 0.417 e. The van der Waals surface area contributed by atoms with Crippen molar-refractivity contribution in [3.05, 3.63) is 29.1 Å². The van der Waals surface area contributed by atoms with Gasteiger partial charge in [0.05, 0.1) is 16.0 Å². The standard InChI is InChI=1S/C10H8F4O2S/c1-2-17-8-6(10(12,13)14)4-3-5(7(8)11)9(15)16/h3-4H,2H2,1H3,(H,15,16). The van der Waals surface area contributed by atoms with Crippen LogP contribution in [-0.4, -0.2) is 16.8 Å². The minimum Gasteiger partial charge on any atom is -0.478 e. The topological polar surface area (TPSA) is 37.3 Å². The maximum absolute atomic E-state index is 13.6. The van der Waals surface area contributed by atoms with Crippen molar-refractivity contribution >= 4 is 17.7 Å². The zero-order valence-electron chi connectivity index (χ0n) is 8.64. The smallest absolute Gasteiger partial charge is 0.417 e. The number of carboxylic acid groups (broad SMARTS) is 1. The normalized spacial score (nSPS) is 11.6. The molecule has 94 valence electrons. The first kappa shape index (κ1) is 13.8. The predicted octanol–water partition coefficient (Wildman–Crippen LogP) is 3.65. The van der Waals surface area contributed by atoms with E-state index in [1.165, 1.54) is 0 Å². The van der Waals surface area contributed by atoms with E-state index in [1.807, 2.05) is 0 Å². The highest BCUT2D eigenvalue weighted by Crippen LogP contribution is 2.39. The highest BCUT2D eigenvalue weighted by atomic mass is 32.2. The van der Waals surface area contributed by atoms with Crippen LogP contribution in [-0.2, 0) is 6.18 Å². The molecule has 1 N–H and O–H groups in total. The van der Waals surface area contributed by atoms with E-state index >= 15 is 0 Å². The van der Waals surface area contributed by atoms with Crippen LogP contribution in [0.15, 0.2) is 17.0 Å². The van der Waals surface area contributed by atoms with Gasteiger partial charge in [0.25, 0.3) is 0 Å². The number of aromatic carboxylic acids is 1. The van der Waals surface area contributed by atoms with Crippen molar-refractivity contribution in [2.75, 3.05) is 5.75 Å². The number of alkyl halides is 3. The average molecular weight is 268 g/mol. The Morgan fingerprint density at radius 3 is 2.41 bits per heavy atom. The highest BCUT2D eigenvalue weighted by Gasteiger charge is 2.36. The number of hydrogen-bond donors (Lipinski definition) is 1. The number of thioether (sulfide) groups is 1. The Balaban J connectivity index is 3.45. The Morgan fingerprint density at radius 1 is 1.41 bits per heavy atom. The molecule has 0 spiro atoms. The summed E-state index contributed by atoms with van der Waals surface area (Å²) in [5, 5.41) is 8.62. The fourth-order valence-corrected chi connectivity index (χ4v) is 2.09.